The molecule has 0 aliphatic carbocycles. The summed E-state index contributed by atoms with van der Waals surface area (Å²) in [6.45, 7) is -0.184. The third-order valence-electron chi connectivity index (χ3n) is 4.47. The van der Waals surface area contributed by atoms with Crippen LogP contribution in [0.3, 0.4) is 0 Å². The van der Waals surface area contributed by atoms with Gasteiger partial charge in [-0.2, -0.15) is 0 Å². The fourth-order valence-corrected chi connectivity index (χ4v) is 3.84. The Bertz CT molecular complexity index is 1110. The van der Waals surface area contributed by atoms with Crippen LogP contribution in [0.2, 0.25) is 0 Å². The third kappa shape index (κ3) is 5.46. The summed E-state index contributed by atoms with van der Waals surface area (Å²) in [5.41, 5.74) is 2.52. The SMILES string of the molecule is CN(C)S(=O)(=O)c1cccc(NC(=O)COc2ccccc2Cc2ccccc2)c1. The normalized spacial score (nSPS) is 11.3. The van der Waals surface area contributed by atoms with Crippen LogP contribution in [0.15, 0.2) is 83.8 Å². The second kappa shape index (κ2) is 9.56. The molecule has 3 rings (SSSR count). The summed E-state index contributed by atoms with van der Waals surface area (Å²) < 4.78 is 31.4. The number of nitrogens with one attached hydrogen (secondary N) is 1. The summed E-state index contributed by atoms with van der Waals surface area (Å²) in [4.78, 5) is 12.5. The van der Waals surface area contributed by atoms with Crippen LogP contribution in [-0.4, -0.2) is 39.3 Å². The predicted molar refractivity (Wildman–Crippen MR) is 117 cm³/mol. The standard InChI is InChI=1S/C23H24N2O4S/c1-25(2)30(27,28)21-13-8-12-20(16-21)24-23(26)17-29-22-14-7-6-11-19(22)15-18-9-4-3-5-10-18/h3-14,16H,15,17H2,1-2H3,(H,24,26). The van der Waals surface area contributed by atoms with Crippen molar-refractivity contribution in [1.29, 1.82) is 0 Å². The molecule has 0 aromatic heterocycles. The largest absolute Gasteiger partial charge is 0.483 e. The van der Waals surface area contributed by atoms with Gasteiger partial charge in [0, 0.05) is 26.2 Å². The molecule has 0 atom stereocenters. The Morgan fingerprint density at radius 1 is 0.933 bits per heavy atom. The molecule has 1 N–H and O–H groups in total. The van der Waals surface area contributed by atoms with E-state index >= 15 is 0 Å². The number of nitrogens with zero attached hydrogens (tertiary/aromatic N) is 1. The summed E-state index contributed by atoms with van der Waals surface area (Å²) >= 11 is 0. The van der Waals surface area contributed by atoms with Crippen molar-refractivity contribution in [2.24, 2.45) is 0 Å². The molecule has 0 saturated carbocycles. The molecule has 3 aromatic rings. The number of amides is 1. The van der Waals surface area contributed by atoms with Crippen LogP contribution in [0, 0.1) is 0 Å². The van der Waals surface area contributed by atoms with Gasteiger partial charge in [0.2, 0.25) is 10.0 Å². The van der Waals surface area contributed by atoms with E-state index in [2.05, 4.69) is 5.32 Å². The van der Waals surface area contributed by atoms with E-state index in [4.69, 9.17) is 4.74 Å². The molecule has 0 aliphatic heterocycles. The minimum Gasteiger partial charge on any atom is -0.483 e. The van der Waals surface area contributed by atoms with Crippen molar-refractivity contribution >= 4 is 21.6 Å². The van der Waals surface area contributed by atoms with Gasteiger partial charge in [-0.05, 0) is 35.4 Å². The lowest BCUT2D eigenvalue weighted by atomic mass is 10.0. The molecule has 0 fully saturated rings. The van der Waals surface area contributed by atoms with E-state index in [0.29, 0.717) is 17.9 Å². The highest BCUT2D eigenvalue weighted by molar-refractivity contribution is 7.89. The smallest absolute Gasteiger partial charge is 0.262 e. The molecule has 0 spiro atoms. The van der Waals surface area contributed by atoms with Crippen molar-refractivity contribution in [3.05, 3.63) is 90.0 Å². The molecule has 3 aromatic carbocycles. The van der Waals surface area contributed by atoms with E-state index in [-0.39, 0.29) is 17.4 Å². The lowest BCUT2D eigenvalue weighted by molar-refractivity contribution is -0.118. The third-order valence-corrected chi connectivity index (χ3v) is 6.28. The van der Waals surface area contributed by atoms with E-state index in [1.54, 1.807) is 12.1 Å². The Kier molecular flexibility index (Phi) is 6.87. The molecule has 6 nitrogen and oxygen atoms in total. The number of carbonyl (C=O) groups excluding carboxylic acids is 1. The molecule has 156 valence electrons. The maximum Gasteiger partial charge on any atom is 0.262 e. The number of sulfonamides is 1. The number of hydrogen-bond acceptors (Lipinski definition) is 4. The van der Waals surface area contributed by atoms with Crippen molar-refractivity contribution in [3.8, 4) is 5.75 Å². The van der Waals surface area contributed by atoms with Gasteiger partial charge in [0.25, 0.3) is 5.91 Å². The van der Waals surface area contributed by atoms with Gasteiger partial charge in [0.1, 0.15) is 5.75 Å². The van der Waals surface area contributed by atoms with Gasteiger partial charge in [0.05, 0.1) is 4.90 Å². The Balaban J connectivity index is 1.65. The number of anilines is 1. The van der Waals surface area contributed by atoms with Crippen LogP contribution in [0.1, 0.15) is 11.1 Å². The average molecular weight is 425 g/mol. The second-order valence-electron chi connectivity index (χ2n) is 6.92. The van der Waals surface area contributed by atoms with E-state index < -0.39 is 10.0 Å². The minimum absolute atomic E-state index is 0.111. The summed E-state index contributed by atoms with van der Waals surface area (Å²) in [6.07, 6.45) is 0.697. The summed E-state index contributed by atoms with van der Waals surface area (Å²) in [5.74, 6) is 0.268. The quantitative estimate of drug-likeness (QED) is 0.600. The van der Waals surface area contributed by atoms with E-state index in [1.165, 1.54) is 26.2 Å². The van der Waals surface area contributed by atoms with Crippen molar-refractivity contribution in [2.45, 2.75) is 11.3 Å². The highest BCUT2D eigenvalue weighted by atomic mass is 32.2. The van der Waals surface area contributed by atoms with E-state index in [1.807, 2.05) is 54.6 Å². The number of ether oxygens (including phenoxy) is 1. The molecule has 7 heteroatoms. The number of benzene rings is 3. The van der Waals surface area contributed by atoms with Crippen molar-refractivity contribution in [2.75, 3.05) is 26.0 Å². The van der Waals surface area contributed by atoms with Crippen LogP contribution < -0.4 is 10.1 Å². The van der Waals surface area contributed by atoms with Gasteiger partial charge in [-0.3, -0.25) is 4.79 Å². The Morgan fingerprint density at radius 2 is 1.63 bits per heavy atom. The minimum atomic E-state index is -3.58. The Hall–Kier alpha value is -3.16. The second-order valence-corrected chi connectivity index (χ2v) is 9.07. The van der Waals surface area contributed by atoms with Gasteiger partial charge < -0.3 is 10.1 Å². The Morgan fingerprint density at radius 3 is 2.37 bits per heavy atom. The molecule has 1 amide bonds. The number of hydrogen-bond donors (Lipinski definition) is 1. The molecule has 0 unspecified atom stereocenters. The molecular formula is C23H24N2O4S. The molecule has 0 radical (unpaired) electrons. The highest BCUT2D eigenvalue weighted by Crippen LogP contribution is 2.22. The van der Waals surface area contributed by atoms with E-state index in [9.17, 15) is 13.2 Å². The van der Waals surface area contributed by atoms with Gasteiger partial charge in [-0.1, -0.05) is 54.6 Å². The highest BCUT2D eigenvalue weighted by Gasteiger charge is 2.17. The lowest BCUT2D eigenvalue weighted by Crippen LogP contribution is -2.23. The number of rotatable bonds is 8. The van der Waals surface area contributed by atoms with Crippen LogP contribution in [0.25, 0.3) is 0 Å². The van der Waals surface area contributed by atoms with Gasteiger partial charge in [0.15, 0.2) is 6.61 Å². The maximum atomic E-state index is 12.4. The van der Waals surface area contributed by atoms with Crippen molar-refractivity contribution in [1.82, 2.24) is 4.31 Å². The zero-order valence-corrected chi connectivity index (χ0v) is 17.7. The molecule has 0 bridgehead atoms. The topological polar surface area (TPSA) is 75.7 Å². The molecule has 0 aliphatic rings. The van der Waals surface area contributed by atoms with Crippen molar-refractivity contribution < 1.29 is 17.9 Å². The average Bonchev–Trinajstić information content (AvgIpc) is 2.74. The Labute approximate surface area is 177 Å². The first-order valence-electron chi connectivity index (χ1n) is 9.43. The fourth-order valence-electron chi connectivity index (χ4n) is 2.89. The van der Waals surface area contributed by atoms with Crippen LogP contribution in [0.4, 0.5) is 5.69 Å². The van der Waals surface area contributed by atoms with Crippen LogP contribution >= 0.6 is 0 Å². The van der Waals surface area contributed by atoms with Gasteiger partial charge >= 0.3 is 0 Å². The first-order valence-corrected chi connectivity index (χ1v) is 10.9. The number of carbonyl (C=O) groups is 1. The number of para-hydroxylation sites is 1. The molecule has 30 heavy (non-hydrogen) atoms. The van der Waals surface area contributed by atoms with Gasteiger partial charge in [-0.25, -0.2) is 12.7 Å². The lowest BCUT2D eigenvalue weighted by Gasteiger charge is -2.14. The molecule has 0 heterocycles. The zero-order valence-electron chi connectivity index (χ0n) is 16.9. The first kappa shape index (κ1) is 21.5. The summed E-state index contributed by atoms with van der Waals surface area (Å²) in [5, 5.41) is 2.69. The molecule has 0 saturated heterocycles. The fraction of sp³-hybridized carbons (Fsp3) is 0.174. The van der Waals surface area contributed by atoms with Gasteiger partial charge in [-0.15, -0.1) is 0 Å². The predicted octanol–water partition coefficient (Wildman–Crippen LogP) is 3.55. The monoisotopic (exact) mass is 424 g/mol. The zero-order chi connectivity index (χ0) is 21.6. The van der Waals surface area contributed by atoms with Crippen LogP contribution in [-0.2, 0) is 21.2 Å². The van der Waals surface area contributed by atoms with Crippen molar-refractivity contribution in [3.63, 3.8) is 0 Å². The van der Waals surface area contributed by atoms with E-state index in [0.717, 1.165) is 15.4 Å². The summed E-state index contributed by atoms with van der Waals surface area (Å²) in [6, 6.07) is 23.7. The summed E-state index contributed by atoms with van der Waals surface area (Å²) in [7, 11) is -0.656. The first-order chi connectivity index (χ1) is 14.4. The maximum absolute atomic E-state index is 12.4. The molecular weight excluding hydrogens is 400 g/mol. The van der Waals surface area contributed by atoms with Crippen LogP contribution in [0.5, 0.6) is 5.75 Å².